The standard InChI is InChI=1S/C23H21NO4/c1-27-21-10-7-18(15-22(21)28-2)4-3-17-11-13-24(14-12-17)16-19-5-8-20(9-6-19)23(25)26/h3-15H,16H2,1-2H3/p+1/b4-3-. The molecule has 1 aromatic heterocycles. The first-order chi connectivity index (χ1) is 13.6. The van der Waals surface area contributed by atoms with Gasteiger partial charge < -0.3 is 14.6 Å². The fourth-order valence-corrected chi connectivity index (χ4v) is 2.80. The summed E-state index contributed by atoms with van der Waals surface area (Å²) in [4.78, 5) is 10.9. The maximum absolute atomic E-state index is 10.9. The fourth-order valence-electron chi connectivity index (χ4n) is 2.80. The average molecular weight is 376 g/mol. The van der Waals surface area contributed by atoms with Gasteiger partial charge in [0.15, 0.2) is 30.4 Å². The maximum atomic E-state index is 10.9. The third-order valence-corrected chi connectivity index (χ3v) is 4.36. The number of nitrogens with zero attached hydrogens (tertiary/aromatic N) is 1. The topological polar surface area (TPSA) is 59.6 Å². The Morgan fingerprint density at radius 1 is 0.893 bits per heavy atom. The van der Waals surface area contributed by atoms with Gasteiger partial charge in [-0.15, -0.1) is 0 Å². The molecule has 1 N–H and O–H groups in total. The molecule has 0 unspecified atom stereocenters. The third-order valence-electron chi connectivity index (χ3n) is 4.36. The number of carboxylic acids is 1. The second-order valence-corrected chi connectivity index (χ2v) is 6.25. The number of ether oxygens (including phenoxy) is 2. The summed E-state index contributed by atoms with van der Waals surface area (Å²) in [6.07, 6.45) is 8.05. The molecule has 1 heterocycles. The van der Waals surface area contributed by atoms with E-state index in [1.54, 1.807) is 26.4 Å². The number of aromatic nitrogens is 1. The molecule has 142 valence electrons. The van der Waals surface area contributed by atoms with Crippen molar-refractivity contribution in [3.63, 3.8) is 0 Å². The van der Waals surface area contributed by atoms with Crippen LogP contribution < -0.4 is 14.0 Å². The Labute approximate surface area is 164 Å². The molecule has 3 rings (SSSR count). The molecular formula is C23H22NO4+. The summed E-state index contributed by atoms with van der Waals surface area (Å²) in [6, 6.07) is 16.8. The summed E-state index contributed by atoms with van der Waals surface area (Å²) in [5.74, 6) is 0.492. The van der Waals surface area contributed by atoms with E-state index in [4.69, 9.17) is 14.6 Å². The molecule has 2 aromatic carbocycles. The van der Waals surface area contributed by atoms with Gasteiger partial charge in [0, 0.05) is 17.7 Å². The highest BCUT2D eigenvalue weighted by molar-refractivity contribution is 5.87. The van der Waals surface area contributed by atoms with Crippen LogP contribution >= 0.6 is 0 Å². The lowest BCUT2D eigenvalue weighted by Gasteiger charge is -2.07. The van der Waals surface area contributed by atoms with E-state index in [0.717, 1.165) is 16.7 Å². The molecule has 0 aliphatic rings. The Kier molecular flexibility index (Phi) is 6.07. The molecule has 0 radical (unpaired) electrons. The second kappa shape index (κ2) is 8.86. The molecule has 0 saturated heterocycles. The maximum Gasteiger partial charge on any atom is 0.335 e. The van der Waals surface area contributed by atoms with Crippen molar-refractivity contribution in [3.05, 3.63) is 89.2 Å². The zero-order chi connectivity index (χ0) is 19.9. The lowest BCUT2D eigenvalue weighted by atomic mass is 10.1. The molecule has 28 heavy (non-hydrogen) atoms. The molecule has 3 aromatic rings. The number of hydrogen-bond acceptors (Lipinski definition) is 3. The number of pyridine rings is 1. The van der Waals surface area contributed by atoms with E-state index in [-0.39, 0.29) is 0 Å². The van der Waals surface area contributed by atoms with Gasteiger partial charge in [-0.3, -0.25) is 0 Å². The molecule has 0 aliphatic heterocycles. The van der Waals surface area contributed by atoms with Crippen LogP contribution in [0, 0.1) is 0 Å². The smallest absolute Gasteiger partial charge is 0.335 e. The van der Waals surface area contributed by atoms with Crippen molar-refractivity contribution in [1.29, 1.82) is 0 Å². The van der Waals surface area contributed by atoms with Crippen LogP contribution in [-0.2, 0) is 6.54 Å². The van der Waals surface area contributed by atoms with Crippen molar-refractivity contribution >= 4 is 18.1 Å². The predicted octanol–water partition coefficient (Wildman–Crippen LogP) is 3.91. The average Bonchev–Trinajstić information content (AvgIpc) is 2.73. The minimum absolute atomic E-state index is 0.296. The predicted molar refractivity (Wildman–Crippen MR) is 108 cm³/mol. The van der Waals surface area contributed by atoms with Crippen LogP contribution in [0.2, 0.25) is 0 Å². The Morgan fingerprint density at radius 2 is 1.54 bits per heavy atom. The summed E-state index contributed by atoms with van der Waals surface area (Å²) in [7, 11) is 3.24. The van der Waals surface area contributed by atoms with Crippen LogP contribution in [0.15, 0.2) is 67.0 Å². The molecule has 0 aliphatic carbocycles. The number of aromatic carboxylic acids is 1. The first kappa shape index (κ1) is 19.2. The van der Waals surface area contributed by atoms with Crippen LogP contribution in [0.1, 0.15) is 27.0 Å². The quantitative estimate of drug-likeness (QED) is 0.635. The number of carbonyl (C=O) groups is 1. The van der Waals surface area contributed by atoms with Crippen molar-refractivity contribution in [3.8, 4) is 11.5 Å². The molecule has 0 fully saturated rings. The SMILES string of the molecule is COc1ccc(/C=C\c2cc[n+](Cc3ccc(C(=O)O)cc3)cc2)cc1OC. The highest BCUT2D eigenvalue weighted by Gasteiger charge is 2.06. The van der Waals surface area contributed by atoms with Gasteiger partial charge in [0.1, 0.15) is 0 Å². The van der Waals surface area contributed by atoms with Crippen LogP contribution in [0.4, 0.5) is 0 Å². The molecule has 0 saturated carbocycles. The fraction of sp³-hybridized carbons (Fsp3) is 0.130. The van der Waals surface area contributed by atoms with Gasteiger partial charge in [-0.05, 0) is 35.4 Å². The van der Waals surface area contributed by atoms with Gasteiger partial charge in [-0.25, -0.2) is 9.36 Å². The van der Waals surface area contributed by atoms with Crippen LogP contribution in [0.5, 0.6) is 11.5 Å². The molecule has 5 nitrogen and oxygen atoms in total. The van der Waals surface area contributed by atoms with Crippen molar-refractivity contribution in [2.45, 2.75) is 6.54 Å². The first-order valence-electron chi connectivity index (χ1n) is 8.80. The molecule has 5 heteroatoms. The van der Waals surface area contributed by atoms with E-state index in [2.05, 4.69) is 0 Å². The Bertz CT molecular complexity index is 976. The van der Waals surface area contributed by atoms with Crippen LogP contribution in [0.25, 0.3) is 12.2 Å². The van der Waals surface area contributed by atoms with Gasteiger partial charge in [0.05, 0.1) is 19.8 Å². The van der Waals surface area contributed by atoms with Crippen molar-refractivity contribution in [2.24, 2.45) is 0 Å². The monoisotopic (exact) mass is 376 g/mol. The Morgan fingerprint density at radius 3 is 2.14 bits per heavy atom. The van der Waals surface area contributed by atoms with E-state index >= 15 is 0 Å². The number of carboxylic acid groups (broad SMARTS) is 1. The minimum atomic E-state index is -0.912. The molecule has 0 bridgehead atoms. The number of methoxy groups -OCH3 is 2. The lowest BCUT2D eigenvalue weighted by Crippen LogP contribution is -2.33. The zero-order valence-corrected chi connectivity index (χ0v) is 15.8. The zero-order valence-electron chi connectivity index (χ0n) is 15.8. The highest BCUT2D eigenvalue weighted by Crippen LogP contribution is 2.28. The van der Waals surface area contributed by atoms with Gasteiger partial charge in [-0.2, -0.15) is 0 Å². The van der Waals surface area contributed by atoms with Crippen molar-refractivity contribution in [2.75, 3.05) is 14.2 Å². The van der Waals surface area contributed by atoms with E-state index in [0.29, 0.717) is 23.6 Å². The van der Waals surface area contributed by atoms with Crippen molar-refractivity contribution in [1.82, 2.24) is 0 Å². The Hall–Kier alpha value is -3.60. The van der Waals surface area contributed by atoms with E-state index < -0.39 is 5.97 Å². The highest BCUT2D eigenvalue weighted by atomic mass is 16.5. The second-order valence-electron chi connectivity index (χ2n) is 6.25. The largest absolute Gasteiger partial charge is 0.493 e. The number of benzene rings is 2. The Balaban J connectivity index is 1.67. The third kappa shape index (κ3) is 4.76. The van der Waals surface area contributed by atoms with Gasteiger partial charge >= 0.3 is 5.97 Å². The summed E-state index contributed by atoms with van der Waals surface area (Å²) < 4.78 is 12.6. The lowest BCUT2D eigenvalue weighted by molar-refractivity contribution is -0.688. The summed E-state index contributed by atoms with van der Waals surface area (Å²) in [6.45, 7) is 0.680. The van der Waals surface area contributed by atoms with Gasteiger partial charge in [-0.1, -0.05) is 30.4 Å². The number of rotatable bonds is 7. The van der Waals surface area contributed by atoms with Crippen molar-refractivity contribution < 1.29 is 23.9 Å². The minimum Gasteiger partial charge on any atom is -0.493 e. The van der Waals surface area contributed by atoms with E-state index in [1.807, 2.05) is 71.6 Å². The molecule has 0 atom stereocenters. The van der Waals surface area contributed by atoms with Crippen LogP contribution in [0.3, 0.4) is 0 Å². The van der Waals surface area contributed by atoms with Gasteiger partial charge in [0.2, 0.25) is 0 Å². The van der Waals surface area contributed by atoms with E-state index in [9.17, 15) is 4.79 Å². The molecular weight excluding hydrogens is 354 g/mol. The van der Waals surface area contributed by atoms with E-state index in [1.165, 1.54) is 0 Å². The molecule has 0 amide bonds. The normalized spacial score (nSPS) is 10.8. The summed E-state index contributed by atoms with van der Waals surface area (Å²) >= 11 is 0. The number of hydrogen-bond donors (Lipinski definition) is 1. The first-order valence-corrected chi connectivity index (χ1v) is 8.80. The molecule has 0 spiro atoms. The van der Waals surface area contributed by atoms with Gasteiger partial charge in [0.25, 0.3) is 0 Å². The summed E-state index contributed by atoms with van der Waals surface area (Å²) in [5.41, 5.74) is 3.44. The van der Waals surface area contributed by atoms with Crippen LogP contribution in [-0.4, -0.2) is 25.3 Å². The summed E-state index contributed by atoms with van der Waals surface area (Å²) in [5, 5.41) is 8.96.